The minimum Gasteiger partial charge on any atom is -0.462 e. The number of unbranched alkanes of at least 4 members (excludes halogenated alkanes) is 16. The van der Waals surface area contributed by atoms with Crippen molar-refractivity contribution in [3.8, 4) is 0 Å². The molecule has 0 rings (SSSR count). The van der Waals surface area contributed by atoms with E-state index in [4.69, 9.17) is 24.3 Å². The van der Waals surface area contributed by atoms with Gasteiger partial charge >= 0.3 is 19.8 Å². The van der Waals surface area contributed by atoms with Gasteiger partial charge in [-0.05, 0) is 32.1 Å². The number of phosphoric ester groups is 1. The van der Waals surface area contributed by atoms with Crippen molar-refractivity contribution >= 4 is 19.8 Å². The number of esters is 2. The molecule has 9 nitrogen and oxygen atoms in total. The van der Waals surface area contributed by atoms with Gasteiger partial charge in [0.25, 0.3) is 0 Å². The van der Waals surface area contributed by atoms with Gasteiger partial charge in [0.2, 0.25) is 0 Å². The van der Waals surface area contributed by atoms with Crippen molar-refractivity contribution in [2.24, 2.45) is 5.73 Å². The highest BCUT2D eigenvalue weighted by molar-refractivity contribution is 7.47. The Morgan fingerprint density at radius 1 is 0.674 bits per heavy atom. The predicted molar refractivity (Wildman–Crippen MR) is 187 cm³/mol. The quantitative estimate of drug-likeness (QED) is 0.0303. The van der Waals surface area contributed by atoms with E-state index >= 15 is 0 Å². The van der Waals surface area contributed by atoms with Crippen LogP contribution < -0.4 is 5.73 Å². The second kappa shape index (κ2) is 33.1. The van der Waals surface area contributed by atoms with Gasteiger partial charge in [-0.1, -0.05) is 140 Å². The number of allylic oxidation sites excluding steroid dienone is 6. The van der Waals surface area contributed by atoms with Gasteiger partial charge in [0.1, 0.15) is 6.61 Å². The van der Waals surface area contributed by atoms with Crippen LogP contribution in [0.5, 0.6) is 0 Å². The summed E-state index contributed by atoms with van der Waals surface area (Å²) < 4.78 is 32.6. The predicted octanol–water partition coefficient (Wildman–Crippen LogP) is 9.43. The summed E-state index contributed by atoms with van der Waals surface area (Å²) in [5.41, 5.74) is 5.32. The van der Waals surface area contributed by atoms with E-state index in [0.717, 1.165) is 57.8 Å². The normalized spacial score (nSPS) is 13.9. The van der Waals surface area contributed by atoms with E-state index in [1.807, 2.05) is 18.2 Å². The SMILES string of the molecule is CC/C=C/C=C/C=C/CCCCCCCC(=O)OC(COC(=O)CCCCCCCCCCCCCC)COP(=O)(O)OCCN. The second-order valence-corrected chi connectivity index (χ2v) is 13.2. The Labute approximate surface area is 280 Å². The topological polar surface area (TPSA) is 134 Å². The number of nitrogens with two attached hydrogens (primary N) is 1. The van der Waals surface area contributed by atoms with Crippen LogP contribution in [0.1, 0.15) is 149 Å². The van der Waals surface area contributed by atoms with E-state index in [-0.39, 0.29) is 38.6 Å². The van der Waals surface area contributed by atoms with Crippen LogP contribution in [0.15, 0.2) is 36.5 Å². The zero-order valence-corrected chi connectivity index (χ0v) is 29.9. The second-order valence-electron chi connectivity index (χ2n) is 11.8. The molecule has 0 aromatic rings. The molecule has 2 unspecified atom stereocenters. The molecular formula is C36H66NO8P. The molecule has 268 valence electrons. The Kier molecular flexibility index (Phi) is 31.9. The van der Waals surface area contributed by atoms with Crippen molar-refractivity contribution in [2.45, 2.75) is 155 Å². The van der Waals surface area contributed by atoms with Crippen LogP contribution in [-0.4, -0.2) is 49.3 Å². The van der Waals surface area contributed by atoms with Crippen molar-refractivity contribution in [1.82, 2.24) is 0 Å². The molecular weight excluding hydrogens is 605 g/mol. The Bertz CT molecular complexity index is 861. The van der Waals surface area contributed by atoms with E-state index in [9.17, 15) is 19.0 Å². The summed E-state index contributed by atoms with van der Waals surface area (Å²) in [5.74, 6) is -0.855. The van der Waals surface area contributed by atoms with E-state index < -0.39 is 26.5 Å². The first-order valence-electron chi connectivity index (χ1n) is 18.0. The molecule has 3 N–H and O–H groups in total. The van der Waals surface area contributed by atoms with Gasteiger partial charge in [-0.25, -0.2) is 4.57 Å². The van der Waals surface area contributed by atoms with Crippen LogP contribution in [0.3, 0.4) is 0 Å². The lowest BCUT2D eigenvalue weighted by Gasteiger charge is -2.19. The highest BCUT2D eigenvalue weighted by Gasteiger charge is 2.25. The number of hydrogen-bond donors (Lipinski definition) is 2. The van der Waals surface area contributed by atoms with Gasteiger partial charge in [-0.3, -0.25) is 18.6 Å². The van der Waals surface area contributed by atoms with Crippen LogP contribution in [0.2, 0.25) is 0 Å². The molecule has 0 heterocycles. The van der Waals surface area contributed by atoms with Crippen LogP contribution in [0, 0.1) is 0 Å². The molecule has 10 heteroatoms. The number of ether oxygens (including phenoxy) is 2. The maximum atomic E-state index is 12.5. The van der Waals surface area contributed by atoms with E-state index in [2.05, 4.69) is 32.1 Å². The molecule has 0 amide bonds. The summed E-state index contributed by atoms with van der Waals surface area (Å²) in [4.78, 5) is 34.6. The molecule has 0 saturated heterocycles. The van der Waals surface area contributed by atoms with Gasteiger partial charge < -0.3 is 20.1 Å². The lowest BCUT2D eigenvalue weighted by molar-refractivity contribution is -0.161. The zero-order valence-electron chi connectivity index (χ0n) is 29.0. The van der Waals surface area contributed by atoms with Crippen LogP contribution >= 0.6 is 7.82 Å². The largest absolute Gasteiger partial charge is 0.472 e. The summed E-state index contributed by atoms with van der Waals surface area (Å²) in [5, 5.41) is 0. The minimum atomic E-state index is -4.37. The molecule has 46 heavy (non-hydrogen) atoms. The Hall–Kier alpha value is -1.77. The van der Waals surface area contributed by atoms with E-state index in [0.29, 0.717) is 6.42 Å². The lowest BCUT2D eigenvalue weighted by atomic mass is 10.0. The molecule has 0 bridgehead atoms. The molecule has 0 spiro atoms. The molecule has 0 radical (unpaired) electrons. The third-order valence-corrected chi connectivity index (χ3v) is 8.34. The van der Waals surface area contributed by atoms with Crippen molar-refractivity contribution in [3.05, 3.63) is 36.5 Å². The monoisotopic (exact) mass is 671 g/mol. The molecule has 0 aromatic heterocycles. The summed E-state index contributed by atoms with van der Waals surface area (Å²) in [6.07, 6.45) is 33.2. The van der Waals surface area contributed by atoms with Crippen molar-refractivity contribution in [1.29, 1.82) is 0 Å². The minimum absolute atomic E-state index is 0.0497. The number of phosphoric acid groups is 1. The lowest BCUT2D eigenvalue weighted by Crippen LogP contribution is -2.29. The fourth-order valence-electron chi connectivity index (χ4n) is 4.69. The maximum absolute atomic E-state index is 12.5. The molecule has 2 atom stereocenters. The van der Waals surface area contributed by atoms with Crippen LogP contribution in [0.4, 0.5) is 0 Å². The highest BCUT2D eigenvalue weighted by atomic mass is 31.2. The third-order valence-electron chi connectivity index (χ3n) is 7.35. The Morgan fingerprint density at radius 3 is 1.76 bits per heavy atom. The first kappa shape index (κ1) is 44.2. The average Bonchev–Trinajstić information content (AvgIpc) is 3.04. The fourth-order valence-corrected chi connectivity index (χ4v) is 5.46. The van der Waals surface area contributed by atoms with E-state index in [1.54, 1.807) is 0 Å². The van der Waals surface area contributed by atoms with Gasteiger partial charge in [-0.15, -0.1) is 0 Å². The van der Waals surface area contributed by atoms with Crippen LogP contribution in [-0.2, 0) is 32.7 Å². The highest BCUT2D eigenvalue weighted by Crippen LogP contribution is 2.43. The maximum Gasteiger partial charge on any atom is 0.472 e. The average molecular weight is 672 g/mol. The number of rotatable bonds is 33. The fraction of sp³-hybridized carbons (Fsp3) is 0.778. The number of carbonyl (C=O) groups excluding carboxylic acids is 2. The van der Waals surface area contributed by atoms with E-state index in [1.165, 1.54) is 57.8 Å². The third kappa shape index (κ3) is 32.2. The summed E-state index contributed by atoms with van der Waals surface area (Å²) >= 11 is 0. The molecule has 0 aliphatic carbocycles. The summed E-state index contributed by atoms with van der Waals surface area (Å²) in [6, 6.07) is 0. The van der Waals surface area contributed by atoms with Crippen LogP contribution in [0.25, 0.3) is 0 Å². The first-order valence-corrected chi connectivity index (χ1v) is 19.5. The molecule has 0 aliphatic heterocycles. The zero-order chi connectivity index (χ0) is 34.0. The van der Waals surface area contributed by atoms with Gasteiger partial charge in [-0.2, -0.15) is 0 Å². The molecule has 0 fully saturated rings. The summed E-state index contributed by atoms with van der Waals surface area (Å²) in [6.45, 7) is 3.55. The number of carbonyl (C=O) groups is 2. The Balaban J connectivity index is 4.29. The van der Waals surface area contributed by atoms with Gasteiger partial charge in [0.15, 0.2) is 6.10 Å². The number of hydrogen-bond acceptors (Lipinski definition) is 8. The van der Waals surface area contributed by atoms with Crippen molar-refractivity contribution in [3.63, 3.8) is 0 Å². The Morgan fingerprint density at radius 2 is 1.20 bits per heavy atom. The molecule has 0 aromatic carbocycles. The smallest absolute Gasteiger partial charge is 0.462 e. The summed E-state index contributed by atoms with van der Waals surface area (Å²) in [7, 11) is -4.37. The van der Waals surface area contributed by atoms with Crippen molar-refractivity contribution < 1.29 is 37.6 Å². The van der Waals surface area contributed by atoms with Gasteiger partial charge in [0.05, 0.1) is 13.2 Å². The molecule has 0 saturated carbocycles. The van der Waals surface area contributed by atoms with Crippen molar-refractivity contribution in [2.75, 3.05) is 26.4 Å². The first-order chi connectivity index (χ1) is 22.3. The molecule has 0 aliphatic rings. The van der Waals surface area contributed by atoms with Gasteiger partial charge in [0, 0.05) is 19.4 Å². The standard InChI is InChI=1S/C36H66NO8P/c1-3-5-7-9-11-13-15-17-19-21-23-25-27-29-36(39)45-34(33-44-46(40,41)43-31-30-37)32-42-35(38)28-26-24-22-20-18-16-14-12-10-8-6-4-2/h5,7,9,11,13,15,34H,3-4,6,8,10,12,14,16-33,37H2,1-2H3,(H,40,41)/b7-5+,11-9+,15-13+.